The van der Waals surface area contributed by atoms with Crippen molar-refractivity contribution in [3.05, 3.63) is 106 Å². The number of pyridine rings is 1. The molecule has 0 saturated heterocycles. The summed E-state index contributed by atoms with van der Waals surface area (Å²) >= 11 is 9.19. The molecule has 0 spiro atoms. The molecule has 0 aliphatic carbocycles. The van der Waals surface area contributed by atoms with Crippen LogP contribution in [0.2, 0.25) is 0 Å². The number of fused-ring (bicyclic) bond motifs is 2. The molecule has 1 unspecified atom stereocenters. The SMILES string of the molecule is C=c1c2ccccc2c2c(C(=O)c3cccc(S)c3)c(=O)n(C)c3ccc(Nc4ccc(S(=O)CCCCCC)cc4S)c1c23. The number of anilines is 2. The minimum absolute atomic E-state index is 0.114. The quantitative estimate of drug-likeness (QED) is 0.0460. The lowest BCUT2D eigenvalue weighted by molar-refractivity contribution is 0.103. The number of hydrogen-bond acceptors (Lipinski definition) is 6. The molecule has 228 valence electrons. The van der Waals surface area contributed by atoms with Gasteiger partial charge in [-0.1, -0.05) is 69.2 Å². The van der Waals surface area contributed by atoms with Crippen LogP contribution in [0.4, 0.5) is 11.4 Å². The van der Waals surface area contributed by atoms with Crippen LogP contribution in [0.15, 0.2) is 98.3 Å². The van der Waals surface area contributed by atoms with Crippen molar-refractivity contribution < 1.29 is 9.00 Å². The predicted molar refractivity (Wildman–Crippen MR) is 194 cm³/mol. The number of aryl methyl sites for hydroxylation is 1. The minimum Gasteiger partial charge on any atom is -0.354 e. The molecular weight excluding hydrogens is 617 g/mol. The second-order valence-electron chi connectivity index (χ2n) is 11.3. The van der Waals surface area contributed by atoms with Gasteiger partial charge in [-0.05, 0) is 64.9 Å². The fourth-order valence-corrected chi connectivity index (χ4v) is 7.86. The van der Waals surface area contributed by atoms with E-state index in [1.165, 1.54) is 0 Å². The van der Waals surface area contributed by atoms with Crippen molar-refractivity contribution in [2.45, 2.75) is 47.3 Å². The van der Waals surface area contributed by atoms with E-state index in [1.807, 2.05) is 54.6 Å². The lowest BCUT2D eigenvalue weighted by Crippen LogP contribution is -2.26. The Balaban J connectivity index is 1.54. The fraction of sp³-hybridized carbons (Fsp3) is 0.189. The third-order valence-electron chi connectivity index (χ3n) is 8.41. The van der Waals surface area contributed by atoms with Gasteiger partial charge < -0.3 is 9.88 Å². The summed E-state index contributed by atoms with van der Waals surface area (Å²) in [5.41, 5.74) is 2.36. The Morgan fingerprint density at radius 1 is 0.867 bits per heavy atom. The van der Waals surface area contributed by atoms with Crippen LogP contribution >= 0.6 is 25.3 Å². The summed E-state index contributed by atoms with van der Waals surface area (Å²) in [5, 5.41) is 8.15. The van der Waals surface area contributed by atoms with E-state index in [-0.39, 0.29) is 16.9 Å². The number of hydrogen-bond donors (Lipinski definition) is 3. The lowest BCUT2D eigenvalue weighted by Gasteiger charge is -2.20. The predicted octanol–water partition coefficient (Wildman–Crippen LogP) is 8.21. The zero-order valence-corrected chi connectivity index (χ0v) is 27.8. The van der Waals surface area contributed by atoms with Gasteiger partial charge in [0.15, 0.2) is 5.78 Å². The van der Waals surface area contributed by atoms with Crippen LogP contribution in [0.5, 0.6) is 0 Å². The van der Waals surface area contributed by atoms with Crippen LogP contribution in [0.3, 0.4) is 0 Å². The van der Waals surface area contributed by atoms with Gasteiger partial charge in [0, 0.05) is 54.9 Å². The van der Waals surface area contributed by atoms with Crippen LogP contribution < -0.4 is 16.1 Å². The van der Waals surface area contributed by atoms with Crippen molar-refractivity contribution in [1.29, 1.82) is 0 Å². The van der Waals surface area contributed by atoms with Crippen molar-refractivity contribution in [2.24, 2.45) is 7.05 Å². The van der Waals surface area contributed by atoms with Crippen LogP contribution in [0.1, 0.15) is 48.5 Å². The summed E-state index contributed by atoms with van der Waals surface area (Å²) < 4.78 is 14.5. The Morgan fingerprint density at radius 2 is 1.62 bits per heavy atom. The Morgan fingerprint density at radius 3 is 2.36 bits per heavy atom. The highest BCUT2D eigenvalue weighted by Gasteiger charge is 2.25. The largest absolute Gasteiger partial charge is 0.354 e. The number of nitrogens with one attached hydrogen (secondary N) is 1. The first-order chi connectivity index (χ1) is 21.7. The van der Waals surface area contributed by atoms with Crippen molar-refractivity contribution in [1.82, 2.24) is 4.57 Å². The van der Waals surface area contributed by atoms with Crippen molar-refractivity contribution >= 4 is 92.2 Å². The van der Waals surface area contributed by atoms with E-state index in [9.17, 15) is 13.8 Å². The molecule has 0 fully saturated rings. The standard InChI is InChI=1S/C37H34N2O3S3/c1-4-5-6-9-19-45(42)25-15-16-28(31(44)21-25)38-29-17-18-30-34-32(29)22(2)26-13-7-8-14-27(26)33(34)35(37(41)39(30)3)36(40)23-11-10-12-24(43)20-23/h7-8,10-18,20-21,38,43-44H,2,4-6,9,19H2,1,3H3. The molecule has 0 aliphatic heterocycles. The van der Waals surface area contributed by atoms with Gasteiger partial charge in [0.1, 0.15) is 0 Å². The third-order valence-corrected chi connectivity index (χ3v) is 10.5. The van der Waals surface area contributed by atoms with Gasteiger partial charge in [-0.25, -0.2) is 0 Å². The van der Waals surface area contributed by atoms with Crippen LogP contribution in [-0.4, -0.2) is 20.3 Å². The minimum atomic E-state index is -1.09. The lowest BCUT2D eigenvalue weighted by atomic mass is 9.89. The van der Waals surface area contributed by atoms with Gasteiger partial charge in [-0.3, -0.25) is 13.8 Å². The maximum Gasteiger partial charge on any atom is 0.262 e. The van der Waals surface area contributed by atoms with Crippen molar-refractivity contribution in [2.75, 3.05) is 11.1 Å². The second-order valence-corrected chi connectivity index (χ2v) is 13.9. The first-order valence-electron chi connectivity index (χ1n) is 15.0. The zero-order chi connectivity index (χ0) is 31.8. The Bertz CT molecular complexity index is 2260. The first-order valence-corrected chi connectivity index (χ1v) is 17.2. The molecule has 8 heteroatoms. The van der Waals surface area contributed by atoms with E-state index in [1.54, 1.807) is 35.9 Å². The maximum absolute atomic E-state index is 14.1. The molecule has 6 rings (SSSR count). The van der Waals surface area contributed by atoms with E-state index in [2.05, 4.69) is 31.4 Å². The molecule has 0 saturated carbocycles. The molecule has 6 aromatic rings. The van der Waals surface area contributed by atoms with E-state index in [0.29, 0.717) is 32.0 Å². The Kier molecular flexibility index (Phi) is 8.91. The maximum atomic E-state index is 14.1. The normalized spacial score (nSPS) is 12.3. The molecule has 1 N–H and O–H groups in total. The van der Waals surface area contributed by atoms with Crippen molar-refractivity contribution in [3.63, 3.8) is 0 Å². The molecule has 0 amide bonds. The summed E-state index contributed by atoms with van der Waals surface area (Å²) in [6.45, 7) is 6.66. The Hall–Kier alpha value is -3.85. The Labute approximate surface area is 275 Å². The van der Waals surface area contributed by atoms with Gasteiger partial charge >= 0.3 is 0 Å². The number of rotatable bonds is 10. The summed E-state index contributed by atoms with van der Waals surface area (Å²) in [6.07, 6.45) is 4.30. The molecular formula is C37H34N2O3S3. The fourth-order valence-electron chi connectivity index (χ4n) is 6.10. The van der Waals surface area contributed by atoms with Gasteiger partial charge in [0.25, 0.3) is 5.56 Å². The number of unbranched alkanes of at least 4 members (excludes halogenated alkanes) is 3. The van der Waals surface area contributed by atoms with Crippen molar-refractivity contribution in [3.8, 4) is 0 Å². The molecule has 0 bridgehead atoms. The second kappa shape index (κ2) is 12.9. The highest BCUT2D eigenvalue weighted by molar-refractivity contribution is 7.85. The van der Waals surface area contributed by atoms with Crippen LogP contribution in [0.25, 0.3) is 39.0 Å². The number of aromatic nitrogens is 1. The number of benzene rings is 5. The number of carbonyl (C=O) groups is 1. The van der Waals surface area contributed by atoms with Crippen LogP contribution in [0, 0.1) is 0 Å². The average Bonchev–Trinajstić information content (AvgIpc) is 3.04. The smallest absolute Gasteiger partial charge is 0.262 e. The average molecular weight is 651 g/mol. The number of thiol groups is 2. The highest BCUT2D eigenvalue weighted by atomic mass is 32.2. The van der Waals surface area contributed by atoms with Gasteiger partial charge in [-0.15, -0.1) is 25.3 Å². The molecule has 5 aromatic carbocycles. The van der Waals surface area contributed by atoms with Gasteiger partial charge in [0.05, 0.1) is 27.6 Å². The van der Waals surface area contributed by atoms with Gasteiger partial charge in [0.2, 0.25) is 0 Å². The van der Waals surface area contributed by atoms with Gasteiger partial charge in [-0.2, -0.15) is 0 Å². The zero-order valence-electron chi connectivity index (χ0n) is 25.2. The molecule has 1 atom stereocenters. The molecule has 1 heterocycles. The topological polar surface area (TPSA) is 68.2 Å². The number of ketones is 1. The number of carbonyl (C=O) groups excluding carboxylic acids is 1. The van der Waals surface area contributed by atoms with Crippen LogP contribution in [-0.2, 0) is 17.8 Å². The summed E-state index contributed by atoms with van der Waals surface area (Å²) in [4.78, 5) is 30.1. The monoisotopic (exact) mass is 650 g/mol. The highest BCUT2D eigenvalue weighted by Crippen LogP contribution is 2.38. The van der Waals surface area contributed by atoms with E-state index < -0.39 is 10.8 Å². The van der Waals surface area contributed by atoms with E-state index in [0.717, 1.165) is 68.7 Å². The molecule has 45 heavy (non-hydrogen) atoms. The van der Waals surface area contributed by atoms with E-state index in [4.69, 9.17) is 12.6 Å². The summed E-state index contributed by atoms with van der Waals surface area (Å²) in [5.74, 6) is 0.278. The van der Waals surface area contributed by atoms with E-state index >= 15 is 0 Å². The third kappa shape index (κ3) is 5.71. The first kappa shape index (κ1) is 31.1. The summed E-state index contributed by atoms with van der Waals surface area (Å²) in [6, 6.07) is 24.2. The molecule has 5 nitrogen and oxygen atoms in total. The summed E-state index contributed by atoms with van der Waals surface area (Å²) in [7, 11) is 0.604. The molecule has 0 aliphatic rings. The number of nitrogens with zero attached hydrogens (tertiary/aromatic N) is 1. The molecule has 1 aromatic heterocycles. The molecule has 0 radical (unpaired) electrons.